The van der Waals surface area contributed by atoms with E-state index in [1.54, 1.807) is 12.1 Å². The first-order valence-electron chi connectivity index (χ1n) is 5.82. The lowest BCUT2D eigenvalue weighted by Gasteiger charge is -2.11. The van der Waals surface area contributed by atoms with Crippen LogP contribution in [0.1, 0.15) is 22.8 Å². The largest absolute Gasteiger partial charge is 0.496 e. The number of methoxy groups -OCH3 is 1. The zero-order chi connectivity index (χ0) is 14.4. The van der Waals surface area contributed by atoms with Gasteiger partial charge in [0.25, 0.3) is 5.91 Å². The molecular weight excluding hydrogens is 268 g/mol. The fourth-order valence-electron chi connectivity index (χ4n) is 1.51. The lowest BCUT2D eigenvalue weighted by molar-refractivity contribution is -0.118. The first-order chi connectivity index (χ1) is 8.95. The minimum atomic E-state index is -0.288. The summed E-state index contributed by atoms with van der Waals surface area (Å²) in [6.45, 7) is 3.98. The van der Waals surface area contributed by atoms with Gasteiger partial charge in [-0.3, -0.25) is 9.59 Å². The van der Waals surface area contributed by atoms with Crippen molar-refractivity contribution in [2.75, 3.05) is 20.2 Å². The first-order valence-corrected chi connectivity index (χ1v) is 6.20. The molecule has 0 saturated heterocycles. The summed E-state index contributed by atoms with van der Waals surface area (Å²) in [5.74, 6) is 0.0493. The van der Waals surface area contributed by atoms with Gasteiger partial charge in [-0.1, -0.05) is 11.6 Å². The van der Waals surface area contributed by atoms with E-state index in [-0.39, 0.29) is 11.8 Å². The summed E-state index contributed by atoms with van der Waals surface area (Å²) >= 11 is 6.00. The number of hydrogen-bond donors (Lipinski definition) is 2. The molecule has 0 aromatic heterocycles. The van der Waals surface area contributed by atoms with Crippen LogP contribution in [0.15, 0.2) is 12.1 Å². The normalized spacial score (nSPS) is 9.89. The van der Waals surface area contributed by atoms with Gasteiger partial charge in [0.15, 0.2) is 0 Å². The lowest BCUT2D eigenvalue weighted by atomic mass is 10.1. The Labute approximate surface area is 117 Å². The Morgan fingerprint density at radius 2 is 1.89 bits per heavy atom. The van der Waals surface area contributed by atoms with Crippen LogP contribution in [0.5, 0.6) is 5.75 Å². The van der Waals surface area contributed by atoms with Gasteiger partial charge in [0, 0.05) is 25.0 Å². The number of rotatable bonds is 5. The summed E-state index contributed by atoms with van der Waals surface area (Å²) in [6, 6.07) is 3.29. The van der Waals surface area contributed by atoms with Crippen molar-refractivity contribution >= 4 is 23.4 Å². The summed E-state index contributed by atoms with van der Waals surface area (Å²) in [5, 5.41) is 5.78. The van der Waals surface area contributed by atoms with Gasteiger partial charge in [-0.05, 0) is 24.6 Å². The molecule has 0 spiro atoms. The van der Waals surface area contributed by atoms with Gasteiger partial charge in [0.2, 0.25) is 5.91 Å². The zero-order valence-corrected chi connectivity index (χ0v) is 11.9. The quantitative estimate of drug-likeness (QED) is 0.806. The standard InChI is InChI=1S/C13H17ClN2O3/c1-8-6-12(19-3)10(7-11(8)14)13(18)16-5-4-15-9(2)17/h6-7H,4-5H2,1-3H3,(H,15,17)(H,16,18). The van der Waals surface area contributed by atoms with E-state index >= 15 is 0 Å². The second-order valence-electron chi connectivity index (χ2n) is 4.04. The van der Waals surface area contributed by atoms with E-state index < -0.39 is 0 Å². The van der Waals surface area contributed by atoms with E-state index in [2.05, 4.69) is 10.6 Å². The number of benzene rings is 1. The van der Waals surface area contributed by atoms with E-state index in [1.165, 1.54) is 14.0 Å². The molecule has 0 bridgehead atoms. The number of aryl methyl sites for hydroxylation is 1. The number of carbonyl (C=O) groups excluding carboxylic acids is 2. The van der Waals surface area contributed by atoms with Gasteiger partial charge < -0.3 is 15.4 Å². The maximum atomic E-state index is 12.0. The zero-order valence-electron chi connectivity index (χ0n) is 11.2. The van der Waals surface area contributed by atoms with Gasteiger partial charge in [0.05, 0.1) is 12.7 Å². The highest BCUT2D eigenvalue weighted by Gasteiger charge is 2.14. The Bertz CT molecular complexity index is 489. The molecule has 0 aliphatic rings. The Balaban J connectivity index is 2.71. The van der Waals surface area contributed by atoms with Gasteiger partial charge in [-0.25, -0.2) is 0 Å². The molecule has 0 aliphatic carbocycles. The van der Waals surface area contributed by atoms with Crippen LogP contribution in [0.4, 0.5) is 0 Å². The Morgan fingerprint density at radius 3 is 2.47 bits per heavy atom. The molecule has 1 aromatic rings. The average molecular weight is 285 g/mol. The van der Waals surface area contributed by atoms with Gasteiger partial charge in [-0.2, -0.15) is 0 Å². The molecule has 0 fully saturated rings. The molecule has 0 saturated carbocycles. The van der Waals surface area contributed by atoms with Gasteiger partial charge in [-0.15, -0.1) is 0 Å². The maximum Gasteiger partial charge on any atom is 0.255 e. The van der Waals surface area contributed by atoms with Crippen molar-refractivity contribution < 1.29 is 14.3 Å². The monoisotopic (exact) mass is 284 g/mol. The summed E-state index contributed by atoms with van der Waals surface area (Å²) in [6.07, 6.45) is 0. The third-order valence-corrected chi connectivity index (χ3v) is 2.92. The molecule has 0 heterocycles. The summed E-state index contributed by atoms with van der Waals surface area (Å²) in [5.41, 5.74) is 1.22. The fraction of sp³-hybridized carbons (Fsp3) is 0.385. The Morgan fingerprint density at radius 1 is 1.26 bits per heavy atom. The number of halogens is 1. The average Bonchev–Trinajstić information content (AvgIpc) is 2.36. The Hall–Kier alpha value is -1.75. The third-order valence-electron chi connectivity index (χ3n) is 2.51. The van der Waals surface area contributed by atoms with Crippen LogP contribution in [0.2, 0.25) is 5.02 Å². The van der Waals surface area contributed by atoms with Gasteiger partial charge in [0.1, 0.15) is 5.75 Å². The minimum absolute atomic E-state index is 0.134. The van der Waals surface area contributed by atoms with E-state index in [0.717, 1.165) is 5.56 Å². The van der Waals surface area contributed by atoms with E-state index in [4.69, 9.17) is 16.3 Å². The molecule has 5 nitrogen and oxygen atoms in total. The number of carbonyl (C=O) groups is 2. The van der Waals surface area contributed by atoms with Crippen molar-refractivity contribution in [1.29, 1.82) is 0 Å². The predicted molar refractivity (Wildman–Crippen MR) is 73.8 cm³/mol. The SMILES string of the molecule is COc1cc(C)c(Cl)cc1C(=O)NCCNC(C)=O. The van der Waals surface area contributed by atoms with Crippen molar-refractivity contribution in [2.45, 2.75) is 13.8 Å². The lowest BCUT2D eigenvalue weighted by Crippen LogP contribution is -2.33. The van der Waals surface area contributed by atoms with Crippen LogP contribution >= 0.6 is 11.6 Å². The molecule has 1 rings (SSSR count). The van der Waals surface area contributed by atoms with Crippen molar-refractivity contribution in [3.63, 3.8) is 0 Å². The highest BCUT2D eigenvalue weighted by Crippen LogP contribution is 2.26. The fourth-order valence-corrected chi connectivity index (χ4v) is 1.67. The molecule has 19 heavy (non-hydrogen) atoms. The van der Waals surface area contributed by atoms with Crippen LogP contribution in [-0.4, -0.2) is 32.0 Å². The number of hydrogen-bond acceptors (Lipinski definition) is 3. The minimum Gasteiger partial charge on any atom is -0.496 e. The first kappa shape index (κ1) is 15.3. The highest BCUT2D eigenvalue weighted by atomic mass is 35.5. The van der Waals surface area contributed by atoms with Crippen LogP contribution < -0.4 is 15.4 Å². The summed E-state index contributed by atoms with van der Waals surface area (Å²) in [4.78, 5) is 22.6. The summed E-state index contributed by atoms with van der Waals surface area (Å²) < 4.78 is 5.16. The molecule has 104 valence electrons. The van der Waals surface area contributed by atoms with Crippen molar-refractivity contribution in [2.24, 2.45) is 0 Å². The second kappa shape index (κ2) is 6.99. The second-order valence-corrected chi connectivity index (χ2v) is 4.45. The van der Waals surface area contributed by atoms with Crippen molar-refractivity contribution in [1.82, 2.24) is 10.6 Å². The molecule has 0 atom stereocenters. The van der Waals surface area contributed by atoms with Crippen molar-refractivity contribution in [3.05, 3.63) is 28.3 Å². The smallest absolute Gasteiger partial charge is 0.255 e. The van der Waals surface area contributed by atoms with E-state index in [0.29, 0.717) is 29.4 Å². The third kappa shape index (κ3) is 4.44. The molecule has 0 unspecified atom stereocenters. The molecule has 0 aliphatic heterocycles. The molecule has 1 aromatic carbocycles. The van der Waals surface area contributed by atoms with Crippen LogP contribution in [0.3, 0.4) is 0 Å². The number of amides is 2. The number of ether oxygens (including phenoxy) is 1. The molecule has 2 amide bonds. The summed E-state index contributed by atoms with van der Waals surface area (Å²) in [7, 11) is 1.50. The van der Waals surface area contributed by atoms with Crippen LogP contribution in [0, 0.1) is 6.92 Å². The predicted octanol–water partition coefficient (Wildman–Crippen LogP) is 1.52. The number of nitrogens with one attached hydrogen (secondary N) is 2. The highest BCUT2D eigenvalue weighted by molar-refractivity contribution is 6.31. The van der Waals surface area contributed by atoms with Crippen molar-refractivity contribution in [3.8, 4) is 5.75 Å². The maximum absolute atomic E-state index is 12.0. The topological polar surface area (TPSA) is 67.4 Å². The molecule has 2 N–H and O–H groups in total. The van der Waals surface area contributed by atoms with Gasteiger partial charge >= 0.3 is 0 Å². The molecule has 0 radical (unpaired) electrons. The molecule has 6 heteroatoms. The van der Waals surface area contributed by atoms with E-state index in [1.807, 2.05) is 6.92 Å². The Kier molecular flexibility index (Phi) is 5.63. The van der Waals surface area contributed by atoms with E-state index in [9.17, 15) is 9.59 Å². The van der Waals surface area contributed by atoms with Crippen LogP contribution in [0.25, 0.3) is 0 Å². The molecular formula is C13H17ClN2O3. The van der Waals surface area contributed by atoms with Crippen LogP contribution in [-0.2, 0) is 4.79 Å².